The Morgan fingerprint density at radius 1 is 1.17 bits per heavy atom. The number of amides is 1. The Labute approximate surface area is 215 Å². The Bertz CT molecular complexity index is 1090. The molecule has 6 rings (SSSR count). The molecule has 5 heterocycles. The van der Waals surface area contributed by atoms with Gasteiger partial charge < -0.3 is 24.4 Å². The molecule has 0 saturated carbocycles. The number of rotatable bonds is 5. The second-order valence-electron chi connectivity index (χ2n) is 11.7. The molecule has 0 radical (unpaired) electrons. The summed E-state index contributed by atoms with van der Waals surface area (Å²) < 4.78 is 5.89. The first-order valence-electron chi connectivity index (χ1n) is 14.1. The Balaban J connectivity index is 0.973. The number of nitrogens with zero attached hydrogens (tertiary/aromatic N) is 4. The third-order valence-corrected chi connectivity index (χ3v) is 9.49. The molecule has 0 unspecified atom stereocenters. The first-order valence-corrected chi connectivity index (χ1v) is 14.1. The van der Waals surface area contributed by atoms with E-state index in [4.69, 9.17) is 4.42 Å². The molecule has 0 aliphatic carbocycles. The molecule has 7 heteroatoms. The Kier molecular flexibility index (Phi) is 6.44. The van der Waals surface area contributed by atoms with Gasteiger partial charge in [-0.15, -0.1) is 0 Å². The van der Waals surface area contributed by atoms with Crippen molar-refractivity contribution < 1.29 is 9.21 Å². The van der Waals surface area contributed by atoms with Crippen molar-refractivity contribution in [1.29, 1.82) is 0 Å². The van der Waals surface area contributed by atoms with Crippen LogP contribution in [0.2, 0.25) is 0 Å². The van der Waals surface area contributed by atoms with Gasteiger partial charge in [-0.3, -0.25) is 4.79 Å². The maximum absolute atomic E-state index is 12.6. The number of aryl methyl sites for hydroxylation is 1. The number of carbonyl (C=O) groups excluding carboxylic acids is 1. The molecule has 1 aromatic heterocycles. The topological polar surface area (TPSA) is 64.8 Å². The maximum Gasteiger partial charge on any atom is 0.297 e. The molecule has 1 N–H and O–H groups in total. The minimum atomic E-state index is -0.00865. The molecule has 3 saturated heterocycles. The van der Waals surface area contributed by atoms with E-state index in [1.54, 1.807) is 11.8 Å². The molecule has 1 aromatic carbocycles. The van der Waals surface area contributed by atoms with Crippen molar-refractivity contribution in [2.75, 3.05) is 62.6 Å². The van der Waals surface area contributed by atoms with E-state index in [2.05, 4.69) is 52.1 Å². The SMILES string of the molecule is Cc1ccc2c(c1)NC[C@@]21CCN(CCC2CCN(c3ncc(C(=O)N4CCCC4)o3)CC2)C[C@@H]1C. The Morgan fingerprint density at radius 2 is 1.97 bits per heavy atom. The molecule has 4 aliphatic rings. The summed E-state index contributed by atoms with van der Waals surface area (Å²) >= 11 is 0. The minimum absolute atomic E-state index is 0.00865. The van der Waals surface area contributed by atoms with E-state index in [9.17, 15) is 4.79 Å². The normalized spacial score (nSPS) is 27.0. The molecule has 7 nitrogen and oxygen atoms in total. The van der Waals surface area contributed by atoms with Crippen LogP contribution in [0.25, 0.3) is 0 Å². The van der Waals surface area contributed by atoms with E-state index in [0.29, 0.717) is 23.1 Å². The van der Waals surface area contributed by atoms with Gasteiger partial charge in [0, 0.05) is 50.4 Å². The van der Waals surface area contributed by atoms with Gasteiger partial charge in [0.05, 0.1) is 6.20 Å². The van der Waals surface area contributed by atoms with E-state index < -0.39 is 0 Å². The number of oxazole rings is 1. The molecule has 0 bridgehead atoms. The number of benzene rings is 1. The van der Waals surface area contributed by atoms with Crippen LogP contribution >= 0.6 is 0 Å². The third kappa shape index (κ3) is 4.40. The number of hydrogen-bond acceptors (Lipinski definition) is 6. The van der Waals surface area contributed by atoms with Crippen LogP contribution in [0.5, 0.6) is 0 Å². The molecular weight excluding hydrogens is 450 g/mol. The van der Waals surface area contributed by atoms with Crippen molar-refractivity contribution >= 4 is 17.6 Å². The van der Waals surface area contributed by atoms with Crippen LogP contribution in [-0.2, 0) is 5.41 Å². The van der Waals surface area contributed by atoms with Crippen LogP contribution < -0.4 is 10.2 Å². The monoisotopic (exact) mass is 491 g/mol. The number of piperidine rings is 2. The summed E-state index contributed by atoms with van der Waals surface area (Å²) in [7, 11) is 0. The van der Waals surface area contributed by atoms with E-state index in [-0.39, 0.29) is 5.91 Å². The van der Waals surface area contributed by atoms with E-state index in [1.165, 1.54) is 56.6 Å². The van der Waals surface area contributed by atoms with Gasteiger partial charge >= 0.3 is 0 Å². The summed E-state index contributed by atoms with van der Waals surface area (Å²) in [5.41, 5.74) is 4.55. The molecular formula is C29H41N5O2. The fraction of sp³-hybridized carbons (Fsp3) is 0.655. The second kappa shape index (κ2) is 9.73. The van der Waals surface area contributed by atoms with Crippen molar-refractivity contribution in [2.45, 2.75) is 57.8 Å². The third-order valence-electron chi connectivity index (χ3n) is 9.49. The van der Waals surface area contributed by atoms with Gasteiger partial charge in [-0.05, 0) is 87.6 Å². The smallest absolute Gasteiger partial charge is 0.297 e. The summed E-state index contributed by atoms with van der Waals surface area (Å²) in [5.74, 6) is 1.80. The molecule has 3 fully saturated rings. The standard InChI is InChI=1S/C29H41N5O2/c1-21-5-6-24-25(17-21)31-20-29(24)10-16-32(19-22(29)2)13-7-23-8-14-34(15-9-23)28-30-18-26(36-28)27(35)33-11-3-4-12-33/h5-6,17-18,22-23,31H,3-4,7-16,19-20H2,1-2H3/t22-,29+/m0/s1. The zero-order chi connectivity index (χ0) is 24.7. The molecule has 2 atom stereocenters. The Morgan fingerprint density at radius 3 is 2.75 bits per heavy atom. The number of fused-ring (bicyclic) bond motifs is 2. The van der Waals surface area contributed by atoms with Crippen molar-refractivity contribution in [3.05, 3.63) is 41.3 Å². The molecule has 36 heavy (non-hydrogen) atoms. The highest BCUT2D eigenvalue weighted by Gasteiger charge is 2.46. The fourth-order valence-corrected chi connectivity index (χ4v) is 7.07. The largest absolute Gasteiger partial charge is 0.418 e. The molecule has 194 valence electrons. The minimum Gasteiger partial charge on any atom is -0.418 e. The van der Waals surface area contributed by atoms with Crippen LogP contribution in [0, 0.1) is 18.8 Å². The summed E-state index contributed by atoms with van der Waals surface area (Å²) in [6.07, 6.45) is 8.64. The highest BCUT2D eigenvalue weighted by atomic mass is 16.4. The average molecular weight is 492 g/mol. The van der Waals surface area contributed by atoms with Crippen molar-refractivity contribution in [1.82, 2.24) is 14.8 Å². The zero-order valence-corrected chi connectivity index (χ0v) is 22.0. The van der Waals surface area contributed by atoms with Gasteiger partial charge in [-0.1, -0.05) is 19.1 Å². The summed E-state index contributed by atoms with van der Waals surface area (Å²) in [6.45, 7) is 12.9. The highest BCUT2D eigenvalue weighted by Crippen LogP contribution is 2.47. The van der Waals surface area contributed by atoms with Gasteiger partial charge in [-0.2, -0.15) is 0 Å². The van der Waals surface area contributed by atoms with Gasteiger partial charge in [0.1, 0.15) is 0 Å². The van der Waals surface area contributed by atoms with Crippen LogP contribution in [-0.4, -0.2) is 73.0 Å². The van der Waals surface area contributed by atoms with Crippen LogP contribution in [0.3, 0.4) is 0 Å². The van der Waals surface area contributed by atoms with Crippen molar-refractivity contribution in [2.24, 2.45) is 11.8 Å². The lowest BCUT2D eigenvalue weighted by atomic mass is 9.67. The van der Waals surface area contributed by atoms with Crippen LogP contribution in [0.4, 0.5) is 11.7 Å². The average Bonchev–Trinajstić information content (AvgIpc) is 3.66. The fourth-order valence-electron chi connectivity index (χ4n) is 7.07. The number of hydrogen-bond donors (Lipinski definition) is 1. The van der Waals surface area contributed by atoms with Gasteiger partial charge in [0.2, 0.25) is 5.76 Å². The molecule has 2 aromatic rings. The summed E-state index contributed by atoms with van der Waals surface area (Å²) in [5, 5.41) is 3.71. The van der Waals surface area contributed by atoms with E-state index in [0.717, 1.165) is 51.5 Å². The highest BCUT2D eigenvalue weighted by molar-refractivity contribution is 5.91. The molecule has 1 spiro atoms. The quantitative estimate of drug-likeness (QED) is 0.663. The first kappa shape index (κ1) is 23.8. The van der Waals surface area contributed by atoms with Crippen LogP contribution in [0.15, 0.2) is 28.8 Å². The zero-order valence-electron chi connectivity index (χ0n) is 22.0. The van der Waals surface area contributed by atoms with E-state index >= 15 is 0 Å². The number of nitrogens with one attached hydrogen (secondary N) is 1. The lowest BCUT2D eigenvalue weighted by Crippen LogP contribution is -2.50. The van der Waals surface area contributed by atoms with Gasteiger partial charge in [0.25, 0.3) is 11.9 Å². The van der Waals surface area contributed by atoms with Crippen molar-refractivity contribution in [3.8, 4) is 0 Å². The number of carbonyl (C=O) groups is 1. The maximum atomic E-state index is 12.6. The lowest BCUT2D eigenvalue weighted by molar-refractivity contribution is 0.0761. The Hall–Kier alpha value is -2.54. The van der Waals surface area contributed by atoms with Gasteiger partial charge in [0.15, 0.2) is 0 Å². The van der Waals surface area contributed by atoms with Crippen molar-refractivity contribution in [3.63, 3.8) is 0 Å². The lowest BCUT2D eigenvalue weighted by Gasteiger charge is -2.45. The summed E-state index contributed by atoms with van der Waals surface area (Å²) in [6, 6.07) is 7.60. The number of likely N-dealkylation sites (tertiary alicyclic amines) is 2. The predicted octanol–water partition coefficient (Wildman–Crippen LogP) is 4.53. The van der Waals surface area contributed by atoms with Crippen LogP contribution in [0.1, 0.15) is 67.1 Å². The summed E-state index contributed by atoms with van der Waals surface area (Å²) in [4.78, 5) is 23.8. The predicted molar refractivity (Wildman–Crippen MR) is 143 cm³/mol. The first-order chi connectivity index (χ1) is 17.5. The second-order valence-corrected chi connectivity index (χ2v) is 11.7. The number of aromatic nitrogens is 1. The number of anilines is 2. The van der Waals surface area contributed by atoms with Gasteiger partial charge in [-0.25, -0.2) is 4.98 Å². The molecule has 1 amide bonds. The van der Waals surface area contributed by atoms with E-state index in [1.807, 2.05) is 4.90 Å². The molecule has 4 aliphatic heterocycles.